The summed E-state index contributed by atoms with van der Waals surface area (Å²) in [4.78, 5) is 13.7. The zero-order valence-corrected chi connectivity index (χ0v) is 14.8. The lowest BCUT2D eigenvalue weighted by Crippen LogP contribution is -1.98. The number of aromatic nitrogens is 2. The fraction of sp³-hybridized carbons (Fsp3) is 0.500. The van der Waals surface area contributed by atoms with Gasteiger partial charge in [-0.3, -0.25) is 4.99 Å². The molecule has 0 atom stereocenters. The summed E-state index contributed by atoms with van der Waals surface area (Å²) in [5.74, 6) is 0.592. The third kappa shape index (κ3) is 4.03. The maximum absolute atomic E-state index is 5.18. The van der Waals surface area contributed by atoms with Gasteiger partial charge in [-0.2, -0.15) is 4.98 Å². The van der Waals surface area contributed by atoms with E-state index in [0.717, 1.165) is 41.0 Å². The molecule has 0 saturated heterocycles. The Kier molecular flexibility index (Phi) is 6.96. The zero-order valence-electron chi connectivity index (χ0n) is 14.8. The van der Waals surface area contributed by atoms with Crippen molar-refractivity contribution in [3.63, 3.8) is 0 Å². The molecule has 0 N–H and O–H groups in total. The SMILES string of the molecule is CC.CCCc1c(N=C(C)C)c(C)nc2nc(OC)ccc12. The maximum atomic E-state index is 5.18. The van der Waals surface area contributed by atoms with Crippen LogP contribution in [-0.4, -0.2) is 22.8 Å². The van der Waals surface area contributed by atoms with Crippen LogP contribution in [-0.2, 0) is 6.42 Å². The number of methoxy groups -OCH3 is 1. The van der Waals surface area contributed by atoms with Crippen molar-refractivity contribution in [1.82, 2.24) is 9.97 Å². The molecule has 0 spiro atoms. The molecule has 2 heterocycles. The fourth-order valence-corrected chi connectivity index (χ4v) is 2.30. The van der Waals surface area contributed by atoms with Crippen LogP contribution in [0.3, 0.4) is 0 Å². The van der Waals surface area contributed by atoms with E-state index in [2.05, 4.69) is 21.9 Å². The van der Waals surface area contributed by atoms with Gasteiger partial charge in [0.2, 0.25) is 5.88 Å². The van der Waals surface area contributed by atoms with Crippen LogP contribution in [0.5, 0.6) is 5.88 Å². The van der Waals surface area contributed by atoms with Crippen molar-refractivity contribution >= 4 is 22.4 Å². The van der Waals surface area contributed by atoms with Crippen LogP contribution in [0.1, 0.15) is 52.3 Å². The molecule has 0 aliphatic heterocycles. The Morgan fingerprint density at radius 2 is 1.86 bits per heavy atom. The van der Waals surface area contributed by atoms with E-state index in [0.29, 0.717) is 5.88 Å². The summed E-state index contributed by atoms with van der Waals surface area (Å²) >= 11 is 0. The van der Waals surface area contributed by atoms with Crippen molar-refractivity contribution in [1.29, 1.82) is 0 Å². The van der Waals surface area contributed by atoms with E-state index in [1.54, 1.807) is 7.11 Å². The van der Waals surface area contributed by atoms with Crippen LogP contribution in [0.4, 0.5) is 5.69 Å². The second-order valence-corrected chi connectivity index (χ2v) is 5.06. The normalized spacial score (nSPS) is 9.95. The Hall–Kier alpha value is -1.97. The summed E-state index contributed by atoms with van der Waals surface area (Å²) in [6.07, 6.45) is 2.04. The van der Waals surface area contributed by atoms with Crippen molar-refractivity contribution in [2.75, 3.05) is 7.11 Å². The lowest BCUT2D eigenvalue weighted by molar-refractivity contribution is 0.399. The summed E-state index contributed by atoms with van der Waals surface area (Å²) in [5, 5.41) is 1.07. The summed E-state index contributed by atoms with van der Waals surface area (Å²) < 4.78 is 5.18. The number of rotatable bonds is 4. The molecule has 120 valence electrons. The molecule has 4 nitrogen and oxygen atoms in total. The Morgan fingerprint density at radius 3 is 2.41 bits per heavy atom. The lowest BCUT2D eigenvalue weighted by Gasteiger charge is -2.12. The summed E-state index contributed by atoms with van der Waals surface area (Å²) in [5.41, 5.74) is 4.91. The molecule has 4 heteroatoms. The van der Waals surface area contributed by atoms with Gasteiger partial charge < -0.3 is 4.74 Å². The number of aliphatic imine (C=N–C) groups is 1. The predicted molar refractivity (Wildman–Crippen MR) is 94.6 cm³/mol. The minimum atomic E-state index is 0.592. The van der Waals surface area contributed by atoms with E-state index in [9.17, 15) is 0 Å². The predicted octanol–water partition coefficient (Wildman–Crippen LogP) is 5.04. The molecule has 0 bridgehead atoms. The number of nitrogens with zero attached hydrogens (tertiary/aromatic N) is 3. The van der Waals surface area contributed by atoms with Gasteiger partial charge in [-0.1, -0.05) is 27.2 Å². The molecule has 0 amide bonds. The van der Waals surface area contributed by atoms with E-state index >= 15 is 0 Å². The van der Waals surface area contributed by atoms with E-state index in [4.69, 9.17) is 4.74 Å². The topological polar surface area (TPSA) is 47.4 Å². The number of hydrogen-bond donors (Lipinski definition) is 0. The average Bonchev–Trinajstić information content (AvgIpc) is 2.51. The van der Waals surface area contributed by atoms with Crippen LogP contribution >= 0.6 is 0 Å². The van der Waals surface area contributed by atoms with Gasteiger partial charge >= 0.3 is 0 Å². The molecule has 0 unspecified atom stereocenters. The summed E-state index contributed by atoms with van der Waals surface area (Å²) in [6.45, 7) is 12.2. The molecule has 2 aromatic rings. The smallest absolute Gasteiger partial charge is 0.215 e. The van der Waals surface area contributed by atoms with Crippen molar-refractivity contribution in [2.24, 2.45) is 4.99 Å². The quantitative estimate of drug-likeness (QED) is 0.743. The molecule has 22 heavy (non-hydrogen) atoms. The van der Waals surface area contributed by atoms with Gasteiger partial charge in [-0.05, 0) is 38.8 Å². The number of ether oxygens (including phenoxy) is 1. The molecule has 2 aromatic heterocycles. The van der Waals surface area contributed by atoms with Crippen LogP contribution < -0.4 is 4.74 Å². The maximum Gasteiger partial charge on any atom is 0.215 e. The molecule has 2 rings (SSSR count). The third-order valence-electron chi connectivity index (χ3n) is 3.12. The molecular formula is C18H27N3O. The first-order chi connectivity index (χ1) is 10.6. The Bertz CT molecular complexity index is 659. The van der Waals surface area contributed by atoms with Crippen molar-refractivity contribution in [3.8, 4) is 5.88 Å². The Balaban J connectivity index is 0.00000116. The van der Waals surface area contributed by atoms with Gasteiger partial charge in [-0.25, -0.2) is 4.98 Å². The second-order valence-electron chi connectivity index (χ2n) is 5.06. The molecule has 0 aromatic carbocycles. The minimum absolute atomic E-state index is 0.592. The highest BCUT2D eigenvalue weighted by Gasteiger charge is 2.13. The Morgan fingerprint density at radius 1 is 1.18 bits per heavy atom. The van der Waals surface area contributed by atoms with Gasteiger partial charge in [0.05, 0.1) is 18.5 Å². The van der Waals surface area contributed by atoms with Crippen LogP contribution in [0.15, 0.2) is 17.1 Å². The highest BCUT2D eigenvalue weighted by molar-refractivity contribution is 5.88. The zero-order chi connectivity index (χ0) is 16.7. The van der Waals surface area contributed by atoms with E-state index in [1.807, 2.05) is 46.8 Å². The number of hydrogen-bond acceptors (Lipinski definition) is 4. The molecule has 0 saturated carbocycles. The number of fused-ring (bicyclic) bond motifs is 1. The largest absolute Gasteiger partial charge is 0.481 e. The van der Waals surface area contributed by atoms with Gasteiger partial charge in [-0.15, -0.1) is 0 Å². The third-order valence-corrected chi connectivity index (χ3v) is 3.12. The van der Waals surface area contributed by atoms with Gasteiger partial charge in [0.1, 0.15) is 0 Å². The van der Waals surface area contributed by atoms with Gasteiger partial charge in [0, 0.05) is 17.2 Å². The first-order valence-corrected chi connectivity index (χ1v) is 7.93. The van der Waals surface area contributed by atoms with Crippen molar-refractivity contribution < 1.29 is 4.74 Å². The molecule has 0 aliphatic carbocycles. The highest BCUT2D eigenvalue weighted by Crippen LogP contribution is 2.31. The van der Waals surface area contributed by atoms with Crippen LogP contribution in [0, 0.1) is 6.92 Å². The van der Waals surface area contributed by atoms with Gasteiger partial charge in [0.15, 0.2) is 5.65 Å². The first kappa shape index (κ1) is 18.1. The monoisotopic (exact) mass is 301 g/mol. The molecule has 0 radical (unpaired) electrons. The summed E-state index contributed by atoms with van der Waals surface area (Å²) in [6, 6.07) is 3.91. The summed E-state index contributed by atoms with van der Waals surface area (Å²) in [7, 11) is 1.62. The standard InChI is InChI=1S/C16H21N3O.C2H6/c1-6-7-12-13-8-9-14(20-5)19-16(13)18-11(4)15(12)17-10(2)3;1-2/h8-9H,6-7H2,1-5H3;1-2H3. The van der Waals surface area contributed by atoms with Gasteiger partial charge in [0.25, 0.3) is 0 Å². The van der Waals surface area contributed by atoms with E-state index in [-0.39, 0.29) is 0 Å². The fourth-order valence-electron chi connectivity index (χ4n) is 2.30. The first-order valence-electron chi connectivity index (χ1n) is 7.93. The molecule has 0 fully saturated rings. The number of aryl methyl sites for hydroxylation is 2. The minimum Gasteiger partial charge on any atom is -0.481 e. The molecular weight excluding hydrogens is 274 g/mol. The average molecular weight is 301 g/mol. The number of pyridine rings is 2. The van der Waals surface area contributed by atoms with E-state index < -0.39 is 0 Å². The van der Waals surface area contributed by atoms with Crippen molar-refractivity contribution in [2.45, 2.75) is 54.4 Å². The van der Waals surface area contributed by atoms with E-state index in [1.165, 1.54) is 5.56 Å². The van der Waals surface area contributed by atoms with Crippen molar-refractivity contribution in [3.05, 3.63) is 23.4 Å². The lowest BCUT2D eigenvalue weighted by atomic mass is 10.0. The van der Waals surface area contributed by atoms with Crippen LogP contribution in [0.25, 0.3) is 11.0 Å². The Labute approximate surface area is 133 Å². The highest BCUT2D eigenvalue weighted by atomic mass is 16.5. The second kappa shape index (κ2) is 8.47. The van der Waals surface area contributed by atoms with Crippen LogP contribution in [0.2, 0.25) is 0 Å². The molecule has 0 aliphatic rings.